The molecule has 1 aliphatic rings. The van der Waals surface area contributed by atoms with E-state index in [0.29, 0.717) is 37.6 Å². The molecule has 1 N–H and O–H groups in total. The lowest BCUT2D eigenvalue weighted by Gasteiger charge is -2.26. The van der Waals surface area contributed by atoms with E-state index < -0.39 is 10.0 Å². The number of anilines is 1. The lowest BCUT2D eigenvalue weighted by molar-refractivity contribution is 0.0730. The Morgan fingerprint density at radius 1 is 1.13 bits per heavy atom. The van der Waals surface area contributed by atoms with Crippen molar-refractivity contribution in [2.45, 2.75) is 4.90 Å². The third-order valence-corrected chi connectivity index (χ3v) is 6.82. The maximum Gasteiger partial charge on any atom is 0.255 e. The molecule has 0 saturated carbocycles. The number of carbonyl (C=O) groups is 1. The van der Waals surface area contributed by atoms with Gasteiger partial charge in [-0.2, -0.15) is 9.40 Å². The van der Waals surface area contributed by atoms with Crippen molar-refractivity contribution in [3.63, 3.8) is 0 Å². The van der Waals surface area contributed by atoms with Crippen LogP contribution in [0.2, 0.25) is 0 Å². The summed E-state index contributed by atoms with van der Waals surface area (Å²) in [6.45, 7) is 1.29. The van der Waals surface area contributed by atoms with Crippen molar-refractivity contribution >= 4 is 21.6 Å². The van der Waals surface area contributed by atoms with Crippen molar-refractivity contribution in [2.24, 2.45) is 0 Å². The second-order valence-corrected chi connectivity index (χ2v) is 8.77. The summed E-state index contributed by atoms with van der Waals surface area (Å²) in [5, 5.41) is 6.91. The maximum absolute atomic E-state index is 13.0. The van der Waals surface area contributed by atoms with E-state index in [0.717, 1.165) is 5.69 Å². The van der Waals surface area contributed by atoms with Crippen LogP contribution < -0.4 is 10.1 Å². The number of rotatable bonds is 6. The number of sulfonamides is 1. The quantitative estimate of drug-likeness (QED) is 0.628. The molecule has 162 valence electrons. The first-order valence-corrected chi connectivity index (χ1v) is 11.1. The van der Waals surface area contributed by atoms with Gasteiger partial charge in [0.2, 0.25) is 10.0 Å². The Morgan fingerprint density at radius 3 is 2.52 bits per heavy atom. The molecule has 0 atom stereocenters. The zero-order chi connectivity index (χ0) is 21.8. The number of hydrogen-bond acceptors (Lipinski definition) is 6. The average Bonchev–Trinajstić information content (AvgIpc) is 3.35. The molecule has 31 heavy (non-hydrogen) atoms. The van der Waals surface area contributed by atoms with Gasteiger partial charge in [-0.05, 0) is 48.5 Å². The van der Waals surface area contributed by atoms with Crippen molar-refractivity contribution in [1.29, 1.82) is 0 Å². The Morgan fingerprint density at radius 2 is 1.87 bits per heavy atom. The molecular weight excluding hydrogens is 420 g/mol. The zero-order valence-electron chi connectivity index (χ0n) is 16.9. The van der Waals surface area contributed by atoms with Crippen molar-refractivity contribution < 1.29 is 22.7 Å². The largest absolute Gasteiger partial charge is 0.495 e. The van der Waals surface area contributed by atoms with Gasteiger partial charge in [-0.1, -0.05) is 0 Å². The number of carbonyl (C=O) groups excluding carboxylic acids is 1. The van der Waals surface area contributed by atoms with E-state index in [1.165, 1.54) is 29.6 Å². The van der Waals surface area contributed by atoms with Crippen LogP contribution in [0.1, 0.15) is 10.4 Å². The zero-order valence-corrected chi connectivity index (χ0v) is 17.7. The number of amides is 1. The van der Waals surface area contributed by atoms with Gasteiger partial charge in [0.05, 0.1) is 36.6 Å². The van der Waals surface area contributed by atoms with Crippen molar-refractivity contribution in [3.8, 4) is 11.4 Å². The fraction of sp³-hybridized carbons (Fsp3) is 0.238. The normalized spacial score (nSPS) is 14.9. The highest BCUT2D eigenvalue weighted by atomic mass is 32.2. The van der Waals surface area contributed by atoms with E-state index >= 15 is 0 Å². The third kappa shape index (κ3) is 4.46. The van der Waals surface area contributed by atoms with Crippen LogP contribution in [-0.4, -0.2) is 61.8 Å². The Labute approximate surface area is 180 Å². The van der Waals surface area contributed by atoms with Gasteiger partial charge in [-0.25, -0.2) is 13.1 Å². The van der Waals surface area contributed by atoms with Gasteiger partial charge in [0.1, 0.15) is 5.75 Å². The molecule has 0 spiro atoms. The molecule has 1 saturated heterocycles. The van der Waals surface area contributed by atoms with Crippen molar-refractivity contribution in [1.82, 2.24) is 14.1 Å². The minimum absolute atomic E-state index is 0.0829. The molecular formula is C21H22N4O5S. The Kier molecular flexibility index (Phi) is 6.03. The van der Waals surface area contributed by atoms with Gasteiger partial charge in [0.25, 0.3) is 5.91 Å². The van der Waals surface area contributed by atoms with Crippen LogP contribution in [0.3, 0.4) is 0 Å². The van der Waals surface area contributed by atoms with Crippen molar-refractivity contribution in [3.05, 3.63) is 66.5 Å². The number of nitrogens with zero attached hydrogens (tertiary/aromatic N) is 3. The van der Waals surface area contributed by atoms with Gasteiger partial charge >= 0.3 is 0 Å². The average molecular weight is 442 g/mol. The summed E-state index contributed by atoms with van der Waals surface area (Å²) in [7, 11) is -2.25. The summed E-state index contributed by atoms with van der Waals surface area (Å²) in [5.41, 5.74) is 1.51. The van der Waals surface area contributed by atoms with Crippen molar-refractivity contribution in [2.75, 3.05) is 38.7 Å². The molecule has 2 heterocycles. The second-order valence-electron chi connectivity index (χ2n) is 6.83. The fourth-order valence-corrected chi connectivity index (χ4v) is 4.70. The Balaban J connectivity index is 1.57. The fourth-order valence-electron chi connectivity index (χ4n) is 3.26. The topological polar surface area (TPSA) is 103 Å². The summed E-state index contributed by atoms with van der Waals surface area (Å²) in [6.07, 6.45) is 3.48. The minimum Gasteiger partial charge on any atom is -0.495 e. The summed E-state index contributed by atoms with van der Waals surface area (Å²) < 4.78 is 39.5. The third-order valence-electron chi connectivity index (χ3n) is 4.93. The van der Waals surface area contributed by atoms with Crippen LogP contribution in [0, 0.1) is 0 Å². The molecule has 1 amide bonds. The van der Waals surface area contributed by atoms with Crippen LogP contribution in [0.4, 0.5) is 5.69 Å². The molecule has 9 nitrogen and oxygen atoms in total. The van der Waals surface area contributed by atoms with Crippen LogP contribution in [0.5, 0.6) is 5.75 Å². The number of morpholine rings is 1. The summed E-state index contributed by atoms with van der Waals surface area (Å²) >= 11 is 0. The van der Waals surface area contributed by atoms with Gasteiger partial charge in [-0.3, -0.25) is 4.79 Å². The van der Waals surface area contributed by atoms with Gasteiger partial charge in [0, 0.05) is 31.0 Å². The number of ether oxygens (including phenoxy) is 2. The molecule has 4 rings (SSSR count). The molecule has 0 bridgehead atoms. The first-order chi connectivity index (χ1) is 15.0. The highest BCUT2D eigenvalue weighted by molar-refractivity contribution is 7.89. The lowest BCUT2D eigenvalue weighted by atomic mass is 10.2. The standard InChI is InChI=1S/C21H22N4O5S/c1-29-20-8-7-18(31(27,28)24-11-13-30-14-12-24)15-19(20)23-21(26)16-3-5-17(6-4-16)25-10-2-9-22-25/h2-10,15H,11-14H2,1H3,(H,23,26). The van der Waals surface area contributed by atoms with Gasteiger partial charge in [-0.15, -0.1) is 0 Å². The van der Waals surface area contributed by atoms with Crippen LogP contribution in [-0.2, 0) is 14.8 Å². The monoisotopic (exact) mass is 442 g/mol. The van der Waals surface area contributed by atoms with Gasteiger partial charge < -0.3 is 14.8 Å². The Hall–Kier alpha value is -3.21. The molecule has 0 aliphatic carbocycles. The predicted octanol–water partition coefficient (Wildman–Crippen LogP) is 2.15. The van der Waals surface area contributed by atoms with Crippen LogP contribution in [0.25, 0.3) is 5.69 Å². The van der Waals surface area contributed by atoms with E-state index in [4.69, 9.17) is 9.47 Å². The van der Waals surface area contributed by atoms with E-state index in [2.05, 4.69) is 10.4 Å². The smallest absolute Gasteiger partial charge is 0.255 e. The number of nitrogens with one attached hydrogen (secondary N) is 1. The van der Waals surface area contributed by atoms with E-state index in [1.54, 1.807) is 41.3 Å². The molecule has 2 aromatic carbocycles. The molecule has 1 aliphatic heterocycles. The van der Waals surface area contributed by atoms with E-state index in [9.17, 15) is 13.2 Å². The minimum atomic E-state index is -3.70. The number of hydrogen-bond donors (Lipinski definition) is 1. The van der Waals surface area contributed by atoms with Crippen LogP contribution >= 0.6 is 0 Å². The maximum atomic E-state index is 13.0. The second kappa shape index (κ2) is 8.88. The number of methoxy groups -OCH3 is 1. The molecule has 10 heteroatoms. The first kappa shape index (κ1) is 21.0. The Bertz CT molecular complexity index is 1150. The van der Waals surface area contributed by atoms with E-state index in [1.807, 2.05) is 6.07 Å². The highest BCUT2D eigenvalue weighted by Crippen LogP contribution is 2.29. The molecule has 3 aromatic rings. The molecule has 0 unspecified atom stereocenters. The van der Waals surface area contributed by atoms with Crippen LogP contribution in [0.15, 0.2) is 65.8 Å². The summed E-state index contributed by atoms with van der Waals surface area (Å²) in [5.74, 6) is -0.0197. The molecule has 0 radical (unpaired) electrons. The lowest BCUT2D eigenvalue weighted by Crippen LogP contribution is -2.40. The predicted molar refractivity (Wildman–Crippen MR) is 114 cm³/mol. The highest BCUT2D eigenvalue weighted by Gasteiger charge is 2.27. The van der Waals surface area contributed by atoms with E-state index in [-0.39, 0.29) is 16.5 Å². The summed E-state index contributed by atoms with van der Waals surface area (Å²) in [6, 6.07) is 13.1. The molecule has 1 fully saturated rings. The first-order valence-electron chi connectivity index (χ1n) is 9.66. The number of aromatic nitrogens is 2. The van der Waals surface area contributed by atoms with Gasteiger partial charge in [0.15, 0.2) is 0 Å². The summed E-state index contributed by atoms with van der Waals surface area (Å²) in [4.78, 5) is 12.9. The number of benzene rings is 2. The molecule has 1 aromatic heterocycles. The SMILES string of the molecule is COc1ccc(S(=O)(=O)N2CCOCC2)cc1NC(=O)c1ccc(-n2cccn2)cc1.